The molecule has 0 aliphatic carbocycles. The number of Topliss-reactive ketones (excluding diaryl/α,β-unsaturated/α-hetero) is 1. The van der Waals surface area contributed by atoms with Crippen molar-refractivity contribution in [2.75, 3.05) is 6.54 Å². The Bertz CT molecular complexity index is 389. The van der Waals surface area contributed by atoms with Crippen molar-refractivity contribution in [3.8, 4) is 0 Å². The van der Waals surface area contributed by atoms with E-state index in [1.54, 1.807) is 6.92 Å². The smallest absolute Gasteiger partial charge is 0.129 e. The minimum atomic E-state index is 0. The van der Waals surface area contributed by atoms with Crippen LogP contribution in [-0.4, -0.2) is 12.3 Å². The zero-order valence-electron chi connectivity index (χ0n) is 15.2. The maximum atomic E-state index is 10.8. The number of rotatable bonds is 6. The number of benzene rings is 1. The summed E-state index contributed by atoms with van der Waals surface area (Å²) in [6, 6.07) is 8.53. The molecule has 5 N–H and O–H groups in total. The van der Waals surface area contributed by atoms with Crippen molar-refractivity contribution in [2.24, 2.45) is 5.73 Å². The first-order valence-electron chi connectivity index (χ1n) is 7.95. The molecule has 0 amide bonds. The van der Waals surface area contributed by atoms with Gasteiger partial charge in [0.2, 0.25) is 0 Å². The van der Waals surface area contributed by atoms with Crippen LogP contribution in [0.3, 0.4) is 0 Å². The highest BCUT2D eigenvalue weighted by molar-refractivity contribution is 5.75. The highest BCUT2D eigenvalue weighted by Crippen LogP contribution is 2.14. The zero-order valence-corrected chi connectivity index (χ0v) is 15.2. The van der Waals surface area contributed by atoms with Gasteiger partial charge in [0.25, 0.3) is 0 Å². The van der Waals surface area contributed by atoms with E-state index in [4.69, 9.17) is 5.73 Å². The second-order valence-corrected chi connectivity index (χ2v) is 4.79. The number of nitrogens with two attached hydrogens (primary N) is 1. The number of hydrogen-bond acceptors (Lipinski definition) is 3. The first-order valence-corrected chi connectivity index (χ1v) is 7.95. The molecule has 1 aromatic carbocycles. The van der Waals surface area contributed by atoms with Crippen LogP contribution in [0.4, 0.5) is 0 Å². The number of unbranched alkanes of at least 4 members (excludes halogenated alkanes) is 1. The third-order valence-corrected chi connectivity index (χ3v) is 2.69. The van der Waals surface area contributed by atoms with Crippen LogP contribution >= 0.6 is 0 Å². The van der Waals surface area contributed by atoms with Gasteiger partial charge in [0.15, 0.2) is 0 Å². The Morgan fingerprint density at radius 1 is 1.14 bits per heavy atom. The van der Waals surface area contributed by atoms with Crippen LogP contribution in [0.15, 0.2) is 30.8 Å². The molecule has 0 spiro atoms. The Kier molecular flexibility index (Phi) is 20.4. The Balaban J connectivity index is -0.000000231. The SMILES string of the molecule is C=C(C)c1ccc(CCCCC(C)=O)cc1.CC.CCN.N.[HH]. The van der Waals surface area contributed by atoms with E-state index in [0.717, 1.165) is 31.4 Å². The molecular weight excluding hydrogens is 272 g/mol. The van der Waals surface area contributed by atoms with Crippen molar-refractivity contribution in [1.29, 1.82) is 0 Å². The van der Waals surface area contributed by atoms with E-state index in [1.807, 2.05) is 27.7 Å². The summed E-state index contributed by atoms with van der Waals surface area (Å²) < 4.78 is 0. The maximum absolute atomic E-state index is 10.8. The molecule has 0 aromatic heterocycles. The van der Waals surface area contributed by atoms with E-state index in [2.05, 4.69) is 30.8 Å². The molecule has 1 aromatic rings. The van der Waals surface area contributed by atoms with Gasteiger partial charge in [-0.15, -0.1) is 0 Å². The first kappa shape index (κ1) is 25.5. The third-order valence-electron chi connectivity index (χ3n) is 2.69. The lowest BCUT2D eigenvalue weighted by molar-refractivity contribution is -0.117. The van der Waals surface area contributed by atoms with Crippen molar-refractivity contribution in [3.63, 3.8) is 0 Å². The van der Waals surface area contributed by atoms with Gasteiger partial charge in [0.05, 0.1) is 0 Å². The van der Waals surface area contributed by atoms with Crippen LogP contribution in [-0.2, 0) is 11.2 Å². The third kappa shape index (κ3) is 14.9. The van der Waals surface area contributed by atoms with Crippen LogP contribution in [0.25, 0.3) is 5.57 Å². The van der Waals surface area contributed by atoms with Crippen LogP contribution in [0.1, 0.15) is 66.4 Å². The molecule has 0 bridgehead atoms. The highest BCUT2D eigenvalue weighted by Gasteiger charge is 1.97. The number of aryl methyl sites for hydroxylation is 1. The summed E-state index contributed by atoms with van der Waals surface area (Å²) in [5.74, 6) is 0.289. The van der Waals surface area contributed by atoms with Crippen molar-refractivity contribution < 1.29 is 6.22 Å². The van der Waals surface area contributed by atoms with E-state index in [-0.39, 0.29) is 13.4 Å². The molecule has 130 valence electrons. The molecule has 0 aliphatic rings. The van der Waals surface area contributed by atoms with Gasteiger partial charge >= 0.3 is 0 Å². The molecule has 3 nitrogen and oxygen atoms in total. The lowest BCUT2D eigenvalue weighted by Gasteiger charge is -2.03. The first-order chi connectivity index (χ1) is 10.0. The molecule has 0 saturated carbocycles. The van der Waals surface area contributed by atoms with Crippen LogP contribution in [0.5, 0.6) is 0 Å². The average molecular weight is 311 g/mol. The molecule has 0 heterocycles. The number of ketones is 1. The Hall–Kier alpha value is -1.45. The van der Waals surface area contributed by atoms with E-state index >= 15 is 0 Å². The van der Waals surface area contributed by atoms with Crippen LogP contribution in [0, 0.1) is 0 Å². The molecule has 3 heteroatoms. The largest absolute Gasteiger partial charge is 0.344 e. The summed E-state index contributed by atoms with van der Waals surface area (Å²) in [7, 11) is 0. The summed E-state index contributed by atoms with van der Waals surface area (Å²) in [6.45, 7) is 14.2. The molecule has 0 radical (unpaired) electrons. The van der Waals surface area contributed by atoms with Gasteiger partial charge < -0.3 is 16.7 Å². The second kappa shape index (κ2) is 17.6. The second-order valence-electron chi connectivity index (χ2n) is 4.79. The summed E-state index contributed by atoms with van der Waals surface area (Å²) in [6.07, 6.45) is 3.86. The lowest BCUT2D eigenvalue weighted by Crippen LogP contribution is -1.91. The van der Waals surface area contributed by atoms with Gasteiger partial charge in [-0.1, -0.05) is 57.2 Å². The molecule has 1 rings (SSSR count). The van der Waals surface area contributed by atoms with Crippen molar-refractivity contribution >= 4 is 11.4 Å². The standard InChI is InChI=1S/C15H20O.C2H7N.C2H6.H3N.H2/c1-12(2)15-10-8-14(9-11-15)7-5-4-6-13(3)16;1-2-3;1-2;;/h8-11H,1,4-7H2,2-3H3;2-3H2,1H3;1-2H3;1H3;1H. The minimum absolute atomic E-state index is 0. The van der Waals surface area contributed by atoms with E-state index in [1.165, 1.54) is 11.1 Å². The van der Waals surface area contributed by atoms with Crippen LogP contribution in [0.2, 0.25) is 0 Å². The number of carbonyl (C=O) groups is 1. The summed E-state index contributed by atoms with van der Waals surface area (Å²) in [4.78, 5) is 10.8. The van der Waals surface area contributed by atoms with E-state index in [0.29, 0.717) is 6.42 Å². The average Bonchev–Trinajstić information content (AvgIpc) is 2.47. The van der Waals surface area contributed by atoms with Gasteiger partial charge in [-0.05, 0) is 50.8 Å². The van der Waals surface area contributed by atoms with Crippen molar-refractivity contribution in [3.05, 3.63) is 42.0 Å². The molecule has 22 heavy (non-hydrogen) atoms. The lowest BCUT2D eigenvalue weighted by atomic mass is 10.0. The topological polar surface area (TPSA) is 78.1 Å². The van der Waals surface area contributed by atoms with Crippen molar-refractivity contribution in [2.45, 2.75) is 60.3 Å². The zero-order chi connectivity index (χ0) is 16.7. The molecular formula is C19H38N2O. The highest BCUT2D eigenvalue weighted by atomic mass is 16.1. The predicted molar refractivity (Wildman–Crippen MR) is 103 cm³/mol. The molecule has 0 atom stereocenters. The molecule has 0 saturated heterocycles. The van der Waals surface area contributed by atoms with Gasteiger partial charge in [0.1, 0.15) is 5.78 Å². The Morgan fingerprint density at radius 2 is 1.59 bits per heavy atom. The maximum Gasteiger partial charge on any atom is 0.129 e. The fourth-order valence-electron chi connectivity index (χ4n) is 1.66. The summed E-state index contributed by atoms with van der Waals surface area (Å²) >= 11 is 0. The van der Waals surface area contributed by atoms with Gasteiger partial charge in [-0.3, -0.25) is 0 Å². The monoisotopic (exact) mass is 310 g/mol. The number of hydrogen-bond donors (Lipinski definition) is 2. The number of allylic oxidation sites excluding steroid dienone is 1. The summed E-state index contributed by atoms with van der Waals surface area (Å²) in [5, 5.41) is 0. The van der Waals surface area contributed by atoms with Crippen molar-refractivity contribution in [1.82, 2.24) is 6.15 Å². The van der Waals surface area contributed by atoms with E-state index < -0.39 is 0 Å². The molecule has 0 unspecified atom stereocenters. The quantitative estimate of drug-likeness (QED) is 0.688. The molecule has 0 aliphatic heterocycles. The van der Waals surface area contributed by atoms with Gasteiger partial charge in [-0.25, -0.2) is 0 Å². The van der Waals surface area contributed by atoms with Gasteiger partial charge in [0, 0.05) is 7.85 Å². The fourth-order valence-corrected chi connectivity index (χ4v) is 1.66. The minimum Gasteiger partial charge on any atom is -0.344 e. The number of carbonyl (C=O) groups excluding carboxylic acids is 1. The fraction of sp³-hybridized carbons (Fsp3) is 0.526. The van der Waals surface area contributed by atoms with Crippen LogP contribution < -0.4 is 11.9 Å². The summed E-state index contributed by atoms with van der Waals surface area (Å²) in [5.41, 5.74) is 8.49. The Morgan fingerprint density at radius 3 is 1.95 bits per heavy atom. The van der Waals surface area contributed by atoms with Gasteiger partial charge in [-0.2, -0.15) is 0 Å². The normalized spacial score (nSPS) is 8.45. The molecule has 0 fully saturated rings. The Labute approximate surface area is 139 Å². The van der Waals surface area contributed by atoms with E-state index in [9.17, 15) is 4.79 Å². The predicted octanol–water partition coefficient (Wildman–Crippen LogP) is 5.42.